The summed E-state index contributed by atoms with van der Waals surface area (Å²) in [5, 5.41) is 13.9. The summed E-state index contributed by atoms with van der Waals surface area (Å²) < 4.78 is 13.4. The Hall–Kier alpha value is -1.76. The third kappa shape index (κ3) is 5.08. The van der Waals surface area contributed by atoms with Crippen LogP contribution >= 0.6 is 11.8 Å². The highest BCUT2D eigenvalue weighted by molar-refractivity contribution is 7.99. The largest absolute Gasteiger partial charge is 0.478 e. The lowest BCUT2D eigenvalue weighted by atomic mass is 10.2. The molecule has 0 spiro atoms. The Labute approximate surface area is 120 Å². The standard InChI is InChI=1S/C13H17FN2O3S/c1-3-20-7-8(2)15-13(19)16-9-4-5-10(12(17)18)11(14)6-9/h4-6,8H,3,7H2,1-2H3,(H,17,18)(H2,15,16,19). The summed E-state index contributed by atoms with van der Waals surface area (Å²) in [6.07, 6.45) is 0. The van der Waals surface area contributed by atoms with E-state index in [-0.39, 0.29) is 11.7 Å². The van der Waals surface area contributed by atoms with Crippen LogP contribution in [0.4, 0.5) is 14.9 Å². The van der Waals surface area contributed by atoms with E-state index in [2.05, 4.69) is 10.6 Å². The van der Waals surface area contributed by atoms with Gasteiger partial charge >= 0.3 is 12.0 Å². The number of carbonyl (C=O) groups excluding carboxylic acids is 1. The molecule has 0 bridgehead atoms. The summed E-state index contributed by atoms with van der Waals surface area (Å²) in [7, 11) is 0. The highest BCUT2D eigenvalue weighted by Gasteiger charge is 2.12. The molecule has 3 N–H and O–H groups in total. The average Bonchev–Trinajstić information content (AvgIpc) is 2.35. The van der Waals surface area contributed by atoms with Gasteiger partial charge in [0, 0.05) is 17.5 Å². The lowest BCUT2D eigenvalue weighted by Gasteiger charge is -2.14. The Kier molecular flexibility index (Phi) is 6.30. The topological polar surface area (TPSA) is 78.4 Å². The molecule has 5 nitrogen and oxygen atoms in total. The lowest BCUT2D eigenvalue weighted by Crippen LogP contribution is -2.37. The van der Waals surface area contributed by atoms with E-state index >= 15 is 0 Å². The van der Waals surface area contributed by atoms with Crippen LogP contribution in [0.15, 0.2) is 18.2 Å². The van der Waals surface area contributed by atoms with E-state index in [0.717, 1.165) is 23.6 Å². The van der Waals surface area contributed by atoms with Crippen molar-refractivity contribution in [1.29, 1.82) is 0 Å². The van der Waals surface area contributed by atoms with E-state index in [1.54, 1.807) is 11.8 Å². The second-order valence-electron chi connectivity index (χ2n) is 4.16. The molecule has 2 amide bonds. The van der Waals surface area contributed by atoms with Gasteiger partial charge in [0.1, 0.15) is 5.82 Å². The quantitative estimate of drug-likeness (QED) is 0.755. The van der Waals surface area contributed by atoms with E-state index in [1.165, 1.54) is 6.07 Å². The molecular weight excluding hydrogens is 283 g/mol. The number of carboxylic acid groups (broad SMARTS) is 1. The van der Waals surface area contributed by atoms with Crippen molar-refractivity contribution >= 4 is 29.4 Å². The van der Waals surface area contributed by atoms with Crippen molar-refractivity contribution in [2.75, 3.05) is 16.8 Å². The number of aromatic carboxylic acids is 1. The number of amides is 2. The Morgan fingerprint density at radius 2 is 2.15 bits per heavy atom. The molecule has 0 aromatic heterocycles. The first-order chi connectivity index (χ1) is 9.43. The van der Waals surface area contributed by atoms with E-state index in [1.807, 2.05) is 13.8 Å². The minimum Gasteiger partial charge on any atom is -0.478 e. The predicted molar refractivity (Wildman–Crippen MR) is 78.0 cm³/mol. The molecule has 20 heavy (non-hydrogen) atoms. The monoisotopic (exact) mass is 300 g/mol. The third-order valence-corrected chi connectivity index (χ3v) is 3.55. The Bertz CT molecular complexity index is 497. The Morgan fingerprint density at radius 1 is 1.45 bits per heavy atom. The van der Waals surface area contributed by atoms with Crippen LogP contribution in [0, 0.1) is 5.82 Å². The van der Waals surface area contributed by atoms with E-state index in [9.17, 15) is 14.0 Å². The van der Waals surface area contributed by atoms with Gasteiger partial charge < -0.3 is 15.7 Å². The maximum atomic E-state index is 13.4. The summed E-state index contributed by atoms with van der Waals surface area (Å²) in [5.74, 6) is -0.472. The number of thioether (sulfide) groups is 1. The molecule has 1 rings (SSSR count). The number of anilines is 1. The number of halogens is 1. The zero-order chi connectivity index (χ0) is 15.1. The molecule has 0 radical (unpaired) electrons. The van der Waals surface area contributed by atoms with Gasteiger partial charge in [-0.25, -0.2) is 14.0 Å². The highest BCUT2D eigenvalue weighted by Crippen LogP contribution is 2.14. The van der Waals surface area contributed by atoms with Gasteiger partial charge in [-0.2, -0.15) is 11.8 Å². The van der Waals surface area contributed by atoms with Gasteiger partial charge in [-0.1, -0.05) is 6.92 Å². The number of hydrogen-bond donors (Lipinski definition) is 3. The van der Waals surface area contributed by atoms with Crippen LogP contribution in [-0.2, 0) is 0 Å². The van der Waals surface area contributed by atoms with Crippen LogP contribution in [0.2, 0.25) is 0 Å². The van der Waals surface area contributed by atoms with Crippen LogP contribution in [0.5, 0.6) is 0 Å². The number of rotatable bonds is 6. The smallest absolute Gasteiger partial charge is 0.338 e. The Balaban J connectivity index is 2.58. The van der Waals surface area contributed by atoms with E-state index in [4.69, 9.17) is 5.11 Å². The van der Waals surface area contributed by atoms with Crippen LogP contribution in [0.3, 0.4) is 0 Å². The van der Waals surface area contributed by atoms with Gasteiger partial charge in [-0.15, -0.1) is 0 Å². The first kappa shape index (κ1) is 16.3. The maximum absolute atomic E-state index is 13.4. The van der Waals surface area contributed by atoms with E-state index in [0.29, 0.717) is 0 Å². The number of hydrogen-bond acceptors (Lipinski definition) is 3. The SMILES string of the molecule is CCSCC(C)NC(=O)Nc1ccc(C(=O)O)c(F)c1. The van der Waals surface area contributed by atoms with Crippen molar-refractivity contribution < 1.29 is 19.1 Å². The van der Waals surface area contributed by atoms with Crippen molar-refractivity contribution in [2.45, 2.75) is 19.9 Å². The third-order valence-electron chi connectivity index (χ3n) is 2.41. The van der Waals surface area contributed by atoms with Crippen molar-refractivity contribution in [2.24, 2.45) is 0 Å². The van der Waals surface area contributed by atoms with Crippen LogP contribution in [-0.4, -0.2) is 34.7 Å². The summed E-state index contributed by atoms with van der Waals surface area (Å²) in [6, 6.07) is 2.98. The molecule has 7 heteroatoms. The molecule has 1 unspecified atom stereocenters. The fraction of sp³-hybridized carbons (Fsp3) is 0.385. The number of carbonyl (C=O) groups is 2. The van der Waals surface area contributed by atoms with Gasteiger partial charge in [-0.3, -0.25) is 0 Å². The molecule has 1 atom stereocenters. The zero-order valence-corrected chi connectivity index (χ0v) is 12.1. The number of benzene rings is 1. The second-order valence-corrected chi connectivity index (χ2v) is 5.48. The molecule has 0 fully saturated rings. The van der Waals surface area contributed by atoms with Crippen molar-refractivity contribution in [3.8, 4) is 0 Å². The molecule has 0 heterocycles. The summed E-state index contributed by atoms with van der Waals surface area (Å²) >= 11 is 1.70. The fourth-order valence-electron chi connectivity index (χ4n) is 1.49. The van der Waals surface area contributed by atoms with Gasteiger partial charge in [-0.05, 0) is 30.9 Å². The molecule has 0 aliphatic carbocycles. The number of urea groups is 1. The molecule has 1 aromatic rings. The molecule has 1 aromatic carbocycles. The van der Waals surface area contributed by atoms with Crippen LogP contribution in [0.25, 0.3) is 0 Å². The van der Waals surface area contributed by atoms with Crippen LogP contribution in [0.1, 0.15) is 24.2 Å². The minimum atomic E-state index is -1.34. The molecular formula is C13H17FN2O3S. The van der Waals surface area contributed by atoms with Crippen molar-refractivity contribution in [3.05, 3.63) is 29.6 Å². The molecule has 0 aliphatic rings. The number of carboxylic acids is 1. The number of nitrogens with one attached hydrogen (secondary N) is 2. The average molecular weight is 300 g/mol. The molecule has 0 saturated carbocycles. The van der Waals surface area contributed by atoms with Gasteiger partial charge in [0.05, 0.1) is 5.56 Å². The molecule has 110 valence electrons. The normalized spacial score (nSPS) is 11.8. The highest BCUT2D eigenvalue weighted by atomic mass is 32.2. The first-order valence-electron chi connectivity index (χ1n) is 6.12. The molecule has 0 aliphatic heterocycles. The van der Waals surface area contributed by atoms with Gasteiger partial charge in [0.25, 0.3) is 0 Å². The Morgan fingerprint density at radius 3 is 2.70 bits per heavy atom. The lowest BCUT2D eigenvalue weighted by molar-refractivity contribution is 0.0692. The van der Waals surface area contributed by atoms with Crippen LogP contribution < -0.4 is 10.6 Å². The van der Waals surface area contributed by atoms with Gasteiger partial charge in [0.2, 0.25) is 0 Å². The van der Waals surface area contributed by atoms with Crippen molar-refractivity contribution in [3.63, 3.8) is 0 Å². The summed E-state index contributed by atoms with van der Waals surface area (Å²) in [4.78, 5) is 22.3. The summed E-state index contributed by atoms with van der Waals surface area (Å²) in [6.45, 7) is 3.90. The fourth-order valence-corrected chi connectivity index (χ4v) is 2.17. The predicted octanol–water partition coefficient (Wildman–Crippen LogP) is 2.79. The summed E-state index contributed by atoms with van der Waals surface area (Å²) in [5.41, 5.74) is -0.219. The van der Waals surface area contributed by atoms with Gasteiger partial charge in [0.15, 0.2) is 0 Å². The van der Waals surface area contributed by atoms with Crippen molar-refractivity contribution in [1.82, 2.24) is 5.32 Å². The maximum Gasteiger partial charge on any atom is 0.338 e. The zero-order valence-electron chi connectivity index (χ0n) is 11.3. The van der Waals surface area contributed by atoms with E-state index < -0.39 is 23.4 Å². The molecule has 0 saturated heterocycles. The second kappa shape index (κ2) is 7.74. The first-order valence-corrected chi connectivity index (χ1v) is 7.27. The minimum absolute atomic E-state index is 0.0110.